The number of benzene rings is 2. The van der Waals surface area contributed by atoms with Gasteiger partial charge in [0.1, 0.15) is 5.75 Å². The highest BCUT2D eigenvalue weighted by Gasteiger charge is 2.23. The largest absolute Gasteiger partial charge is 0.495 e. The molecule has 0 radical (unpaired) electrons. The first-order valence-corrected chi connectivity index (χ1v) is 9.73. The molecule has 0 spiro atoms. The molecule has 2 aromatic carbocycles. The lowest BCUT2D eigenvalue weighted by atomic mass is 10.1. The van der Waals surface area contributed by atoms with Crippen LogP contribution >= 0.6 is 11.6 Å². The number of aryl methyl sites for hydroxylation is 2. The minimum Gasteiger partial charge on any atom is -0.495 e. The van der Waals surface area contributed by atoms with Crippen molar-refractivity contribution in [3.63, 3.8) is 0 Å². The van der Waals surface area contributed by atoms with Crippen LogP contribution in [0.15, 0.2) is 41.3 Å². The van der Waals surface area contributed by atoms with Crippen LogP contribution in [0.5, 0.6) is 5.75 Å². The number of sulfonamides is 1. The smallest absolute Gasteiger partial charge is 0.242 e. The van der Waals surface area contributed by atoms with E-state index >= 15 is 0 Å². The fourth-order valence-electron chi connectivity index (χ4n) is 2.47. The molecule has 140 valence electrons. The van der Waals surface area contributed by atoms with E-state index in [2.05, 4.69) is 10.0 Å². The number of hydrogen-bond donors (Lipinski definition) is 2. The molecule has 0 fully saturated rings. The summed E-state index contributed by atoms with van der Waals surface area (Å²) in [6.07, 6.45) is 0. The first-order chi connectivity index (χ1) is 12.1. The van der Waals surface area contributed by atoms with Gasteiger partial charge in [-0.3, -0.25) is 4.79 Å². The van der Waals surface area contributed by atoms with Crippen molar-refractivity contribution >= 4 is 33.2 Å². The lowest BCUT2D eigenvalue weighted by Gasteiger charge is -2.15. The number of nitrogens with one attached hydrogen (secondary N) is 2. The van der Waals surface area contributed by atoms with Crippen LogP contribution in [-0.2, 0) is 14.8 Å². The molecule has 0 aliphatic carbocycles. The van der Waals surface area contributed by atoms with Gasteiger partial charge in [0, 0.05) is 5.69 Å². The van der Waals surface area contributed by atoms with E-state index in [1.165, 1.54) is 32.2 Å². The highest BCUT2D eigenvalue weighted by atomic mass is 35.5. The highest BCUT2D eigenvalue weighted by molar-refractivity contribution is 7.89. The van der Waals surface area contributed by atoms with Gasteiger partial charge in [-0.05, 0) is 62.2 Å². The highest BCUT2D eigenvalue weighted by Crippen LogP contribution is 2.27. The monoisotopic (exact) mass is 396 g/mol. The summed E-state index contributed by atoms with van der Waals surface area (Å²) in [7, 11) is -2.47. The van der Waals surface area contributed by atoms with E-state index in [9.17, 15) is 13.2 Å². The number of amides is 1. The van der Waals surface area contributed by atoms with Gasteiger partial charge < -0.3 is 10.1 Å². The molecule has 0 aromatic heterocycles. The summed E-state index contributed by atoms with van der Waals surface area (Å²) < 4.78 is 32.3. The lowest BCUT2D eigenvalue weighted by molar-refractivity contribution is -0.117. The molecule has 0 bridgehead atoms. The maximum absolute atomic E-state index is 12.5. The average Bonchev–Trinajstić information content (AvgIpc) is 2.53. The Kier molecular flexibility index (Phi) is 6.28. The van der Waals surface area contributed by atoms with E-state index in [1.807, 2.05) is 32.0 Å². The molecular formula is C18H21ClN2O4S. The van der Waals surface area contributed by atoms with Crippen LogP contribution < -0.4 is 14.8 Å². The summed E-state index contributed by atoms with van der Waals surface area (Å²) in [6, 6.07) is 8.73. The lowest BCUT2D eigenvalue weighted by Crippen LogP contribution is -2.41. The molecule has 1 amide bonds. The molecule has 0 aliphatic heterocycles. The maximum atomic E-state index is 12.5. The molecule has 0 aliphatic rings. The van der Waals surface area contributed by atoms with Crippen molar-refractivity contribution in [1.29, 1.82) is 0 Å². The normalized spacial score (nSPS) is 12.5. The summed E-state index contributed by atoms with van der Waals surface area (Å²) in [6.45, 7) is 5.31. The SMILES string of the molecule is COc1ccc(S(=O)(=O)N[C@@H](C)C(=O)Nc2cc(C)cc(C)c2)cc1Cl. The number of carbonyl (C=O) groups excluding carboxylic acids is 1. The number of halogens is 1. The van der Waals surface area contributed by atoms with E-state index in [0.29, 0.717) is 11.4 Å². The molecule has 8 heteroatoms. The van der Waals surface area contributed by atoms with E-state index < -0.39 is 22.0 Å². The van der Waals surface area contributed by atoms with Crippen LogP contribution in [0, 0.1) is 13.8 Å². The number of carbonyl (C=O) groups is 1. The molecule has 6 nitrogen and oxygen atoms in total. The second kappa shape index (κ2) is 8.07. The van der Waals surface area contributed by atoms with Crippen molar-refractivity contribution in [2.45, 2.75) is 31.7 Å². The van der Waals surface area contributed by atoms with E-state index in [1.54, 1.807) is 0 Å². The van der Waals surface area contributed by atoms with Crippen molar-refractivity contribution in [1.82, 2.24) is 4.72 Å². The number of methoxy groups -OCH3 is 1. The van der Waals surface area contributed by atoms with Crippen molar-refractivity contribution in [2.75, 3.05) is 12.4 Å². The Morgan fingerprint density at radius 3 is 2.27 bits per heavy atom. The van der Waals surface area contributed by atoms with Crippen LogP contribution in [0.4, 0.5) is 5.69 Å². The van der Waals surface area contributed by atoms with Crippen molar-refractivity contribution in [3.8, 4) is 5.75 Å². The Hall–Kier alpha value is -2.09. The Labute approximate surface area is 158 Å². The van der Waals surface area contributed by atoms with Crippen molar-refractivity contribution in [2.24, 2.45) is 0 Å². The number of ether oxygens (including phenoxy) is 1. The predicted molar refractivity (Wildman–Crippen MR) is 102 cm³/mol. The zero-order chi connectivity index (χ0) is 19.5. The summed E-state index contributed by atoms with van der Waals surface area (Å²) in [5.41, 5.74) is 2.62. The maximum Gasteiger partial charge on any atom is 0.242 e. The van der Waals surface area contributed by atoms with Gasteiger partial charge in [0.15, 0.2) is 0 Å². The molecular weight excluding hydrogens is 376 g/mol. The number of anilines is 1. The van der Waals surface area contributed by atoms with Crippen LogP contribution in [0.25, 0.3) is 0 Å². The zero-order valence-electron chi connectivity index (χ0n) is 15.0. The summed E-state index contributed by atoms with van der Waals surface area (Å²) in [5.74, 6) is -0.0931. The van der Waals surface area contributed by atoms with E-state index in [-0.39, 0.29) is 9.92 Å². The summed E-state index contributed by atoms with van der Waals surface area (Å²) in [4.78, 5) is 12.3. The third-order valence-electron chi connectivity index (χ3n) is 3.65. The van der Waals surface area contributed by atoms with Gasteiger partial charge in [0.2, 0.25) is 15.9 Å². The molecule has 0 saturated carbocycles. The Morgan fingerprint density at radius 2 is 1.73 bits per heavy atom. The van der Waals surface area contributed by atoms with Gasteiger partial charge in [-0.25, -0.2) is 8.42 Å². The predicted octanol–water partition coefficient (Wildman–Crippen LogP) is 3.27. The first kappa shape index (κ1) is 20.2. The van der Waals surface area contributed by atoms with Crippen LogP contribution in [0.2, 0.25) is 5.02 Å². The van der Waals surface area contributed by atoms with Crippen LogP contribution in [-0.4, -0.2) is 27.5 Å². The number of rotatable bonds is 6. The van der Waals surface area contributed by atoms with Crippen molar-refractivity contribution in [3.05, 3.63) is 52.5 Å². The van der Waals surface area contributed by atoms with Crippen LogP contribution in [0.3, 0.4) is 0 Å². The van der Waals surface area contributed by atoms with Crippen molar-refractivity contribution < 1.29 is 17.9 Å². The molecule has 0 unspecified atom stereocenters. The molecule has 1 atom stereocenters. The van der Waals surface area contributed by atoms with Gasteiger partial charge in [-0.15, -0.1) is 0 Å². The van der Waals surface area contributed by atoms with E-state index in [4.69, 9.17) is 16.3 Å². The molecule has 0 heterocycles. The van der Waals surface area contributed by atoms with Crippen LogP contribution in [0.1, 0.15) is 18.1 Å². The minimum absolute atomic E-state index is 0.0469. The third kappa shape index (κ3) is 4.97. The van der Waals surface area contributed by atoms with Gasteiger partial charge in [-0.1, -0.05) is 17.7 Å². The Morgan fingerprint density at radius 1 is 1.12 bits per heavy atom. The second-order valence-electron chi connectivity index (χ2n) is 6.00. The molecule has 2 N–H and O–H groups in total. The summed E-state index contributed by atoms with van der Waals surface area (Å²) in [5, 5.41) is 2.88. The first-order valence-electron chi connectivity index (χ1n) is 7.87. The number of hydrogen-bond acceptors (Lipinski definition) is 4. The topological polar surface area (TPSA) is 84.5 Å². The Bertz CT molecular complexity index is 909. The van der Waals surface area contributed by atoms with Gasteiger partial charge in [0.05, 0.1) is 23.1 Å². The minimum atomic E-state index is -3.91. The van der Waals surface area contributed by atoms with Gasteiger partial charge in [-0.2, -0.15) is 4.72 Å². The zero-order valence-corrected chi connectivity index (χ0v) is 16.5. The average molecular weight is 397 g/mol. The van der Waals surface area contributed by atoms with Gasteiger partial charge in [0.25, 0.3) is 0 Å². The van der Waals surface area contributed by atoms with E-state index in [0.717, 1.165) is 11.1 Å². The fraction of sp³-hybridized carbons (Fsp3) is 0.278. The molecule has 26 heavy (non-hydrogen) atoms. The standard InChI is InChI=1S/C18H21ClN2O4S/c1-11-7-12(2)9-14(8-11)20-18(22)13(3)21-26(23,24)15-5-6-17(25-4)16(19)10-15/h5-10,13,21H,1-4H3,(H,20,22)/t13-/m0/s1. The molecule has 2 aromatic rings. The van der Waals surface area contributed by atoms with Gasteiger partial charge >= 0.3 is 0 Å². The fourth-order valence-corrected chi connectivity index (χ4v) is 4.02. The Balaban J connectivity index is 2.13. The third-order valence-corrected chi connectivity index (χ3v) is 5.48. The second-order valence-corrected chi connectivity index (χ2v) is 8.13. The molecule has 0 saturated heterocycles. The quantitative estimate of drug-likeness (QED) is 0.784. The molecule has 2 rings (SSSR count). The summed E-state index contributed by atoms with van der Waals surface area (Å²) >= 11 is 5.98.